The van der Waals surface area contributed by atoms with Crippen LogP contribution in [0.1, 0.15) is 13.3 Å². The van der Waals surface area contributed by atoms with E-state index in [0.29, 0.717) is 19.6 Å². The Morgan fingerprint density at radius 3 is 2.93 bits per heavy atom. The third-order valence-electron chi connectivity index (χ3n) is 2.04. The molecule has 1 saturated heterocycles. The maximum atomic E-state index is 11.6. The van der Waals surface area contributed by atoms with Gasteiger partial charge in [0.15, 0.2) is 0 Å². The minimum atomic E-state index is -2.64. The molecular weight excluding hydrogens is 203 g/mol. The van der Waals surface area contributed by atoms with E-state index >= 15 is 0 Å². The van der Waals surface area contributed by atoms with Crippen molar-refractivity contribution >= 4 is 7.37 Å². The van der Waals surface area contributed by atoms with Crippen molar-refractivity contribution in [3.8, 4) is 0 Å². The van der Waals surface area contributed by atoms with Gasteiger partial charge in [0.25, 0.3) is 0 Å². The summed E-state index contributed by atoms with van der Waals surface area (Å²) >= 11 is 0. The number of ether oxygens (including phenoxy) is 1. The highest BCUT2D eigenvalue weighted by Gasteiger charge is 2.24. The van der Waals surface area contributed by atoms with Crippen LogP contribution in [0.2, 0.25) is 0 Å². The number of aliphatic hydroxyl groups is 1. The summed E-state index contributed by atoms with van der Waals surface area (Å²) in [6, 6.07) is 0. The molecule has 0 aromatic heterocycles. The van der Waals surface area contributed by atoms with Crippen molar-refractivity contribution in [3.63, 3.8) is 0 Å². The molecule has 1 N–H and O–H groups in total. The van der Waals surface area contributed by atoms with Crippen LogP contribution in [0.3, 0.4) is 0 Å². The largest absolute Gasteiger partial charge is 0.390 e. The van der Waals surface area contributed by atoms with Crippen LogP contribution in [-0.2, 0) is 13.8 Å². The molecule has 4 nitrogen and oxygen atoms in total. The highest BCUT2D eigenvalue weighted by molar-refractivity contribution is 7.61. The average molecular weight is 220 g/mol. The van der Waals surface area contributed by atoms with E-state index in [1.54, 1.807) is 19.7 Å². The van der Waals surface area contributed by atoms with E-state index in [1.807, 2.05) is 0 Å². The molecule has 0 radical (unpaired) electrons. The predicted molar refractivity (Wildman–Crippen MR) is 54.7 cm³/mol. The lowest BCUT2D eigenvalue weighted by atomic mass is 10.2. The smallest absolute Gasteiger partial charge is 0.221 e. The van der Waals surface area contributed by atoms with E-state index in [4.69, 9.17) is 9.26 Å². The van der Waals surface area contributed by atoms with Crippen molar-refractivity contribution < 1.29 is 18.9 Å². The molecule has 0 saturated carbocycles. The minimum absolute atomic E-state index is 0.330. The lowest BCUT2D eigenvalue weighted by Gasteiger charge is -2.10. The molecule has 0 amide bonds. The van der Waals surface area contributed by atoms with Gasteiger partial charge in [-0.25, -0.2) is 0 Å². The average Bonchev–Trinajstić information content (AvgIpc) is 2.48. The van der Waals surface area contributed by atoms with Crippen LogP contribution in [0, 0.1) is 0 Å². The van der Waals surface area contributed by atoms with E-state index in [9.17, 15) is 9.67 Å². The van der Waals surface area contributed by atoms with Crippen LogP contribution in [0.25, 0.3) is 0 Å². The Hall–Kier alpha value is -0.150. The van der Waals surface area contributed by atoms with Crippen LogP contribution in [0.15, 0.2) is 11.9 Å². The Morgan fingerprint density at radius 1 is 1.71 bits per heavy atom. The first kappa shape index (κ1) is 11.9. The van der Waals surface area contributed by atoms with Gasteiger partial charge in [0.1, 0.15) is 6.10 Å². The van der Waals surface area contributed by atoms with Crippen molar-refractivity contribution in [1.82, 2.24) is 0 Å². The maximum absolute atomic E-state index is 11.6. The van der Waals surface area contributed by atoms with Crippen molar-refractivity contribution in [1.29, 1.82) is 0 Å². The third kappa shape index (κ3) is 3.54. The molecule has 1 aliphatic heterocycles. The Morgan fingerprint density at radius 2 is 2.43 bits per heavy atom. The van der Waals surface area contributed by atoms with E-state index in [1.165, 1.54) is 5.82 Å². The number of hydrogen-bond donors (Lipinski definition) is 1. The van der Waals surface area contributed by atoms with Gasteiger partial charge in [-0.1, -0.05) is 0 Å². The van der Waals surface area contributed by atoms with Gasteiger partial charge < -0.3 is 14.4 Å². The Labute approximate surface area is 84.4 Å². The highest BCUT2D eigenvalue weighted by Crippen LogP contribution is 2.44. The molecule has 14 heavy (non-hydrogen) atoms. The number of aliphatic hydroxyl groups excluding tert-OH is 1. The van der Waals surface area contributed by atoms with E-state index in [-0.39, 0.29) is 6.10 Å². The van der Waals surface area contributed by atoms with E-state index < -0.39 is 13.5 Å². The zero-order valence-electron chi connectivity index (χ0n) is 8.55. The van der Waals surface area contributed by atoms with Crippen LogP contribution in [0.5, 0.6) is 0 Å². The summed E-state index contributed by atoms with van der Waals surface area (Å²) in [5.41, 5.74) is 0. The molecule has 0 aliphatic carbocycles. The van der Waals surface area contributed by atoms with Crippen LogP contribution >= 0.6 is 7.37 Å². The highest BCUT2D eigenvalue weighted by atomic mass is 31.2. The van der Waals surface area contributed by atoms with Gasteiger partial charge in [-0.3, -0.25) is 4.57 Å². The molecule has 82 valence electrons. The lowest BCUT2D eigenvalue weighted by Crippen LogP contribution is -2.17. The van der Waals surface area contributed by atoms with Crippen molar-refractivity contribution in [2.45, 2.75) is 25.6 Å². The monoisotopic (exact) mass is 220 g/mol. The molecule has 0 spiro atoms. The molecule has 0 aromatic carbocycles. The minimum Gasteiger partial charge on any atom is -0.390 e. The molecule has 1 aliphatic rings. The van der Waals surface area contributed by atoms with Gasteiger partial charge in [-0.05, 0) is 25.2 Å². The first-order valence-electron chi connectivity index (χ1n) is 4.76. The second kappa shape index (κ2) is 5.08. The lowest BCUT2D eigenvalue weighted by molar-refractivity contribution is 0.0749. The Bertz CT molecular complexity index is 251. The molecule has 3 atom stereocenters. The second-order valence-corrected chi connectivity index (χ2v) is 5.73. The number of hydrogen-bond acceptors (Lipinski definition) is 4. The van der Waals surface area contributed by atoms with Gasteiger partial charge in [0.2, 0.25) is 7.37 Å². The van der Waals surface area contributed by atoms with Crippen LogP contribution < -0.4 is 0 Å². The molecular formula is C9H17O4P. The van der Waals surface area contributed by atoms with Crippen molar-refractivity contribution in [3.05, 3.63) is 11.9 Å². The fraction of sp³-hybridized carbons (Fsp3) is 0.778. The second-order valence-electron chi connectivity index (χ2n) is 3.36. The van der Waals surface area contributed by atoms with Gasteiger partial charge in [-0.2, -0.15) is 0 Å². The first-order valence-corrected chi connectivity index (χ1v) is 6.90. The summed E-state index contributed by atoms with van der Waals surface area (Å²) in [4.78, 5) is 0. The molecule has 0 aromatic rings. The summed E-state index contributed by atoms with van der Waals surface area (Å²) in [5.74, 6) is 1.51. The normalized spacial score (nSPS) is 32.2. The molecule has 5 heteroatoms. The van der Waals surface area contributed by atoms with Gasteiger partial charge in [0, 0.05) is 6.66 Å². The topological polar surface area (TPSA) is 55.8 Å². The standard InChI is InChI=1S/C9H17O4P/c1-3-13-14(2,11)7-5-9-8(10)4-6-12-9/h5,7-10H,3-4,6H2,1-2H3/b7-5+/t8?,9-,14?/m1/s1. The summed E-state index contributed by atoms with van der Waals surface area (Å²) in [5, 5.41) is 9.41. The fourth-order valence-corrected chi connectivity index (χ4v) is 2.41. The fourth-order valence-electron chi connectivity index (χ4n) is 1.32. The van der Waals surface area contributed by atoms with Gasteiger partial charge in [-0.15, -0.1) is 0 Å². The number of rotatable bonds is 4. The molecule has 0 bridgehead atoms. The summed E-state index contributed by atoms with van der Waals surface area (Å²) in [7, 11) is -2.64. The third-order valence-corrected chi connectivity index (χ3v) is 3.52. The summed E-state index contributed by atoms with van der Waals surface area (Å²) in [6.07, 6.45) is 1.46. The quantitative estimate of drug-likeness (QED) is 0.731. The van der Waals surface area contributed by atoms with Crippen LogP contribution in [-0.4, -0.2) is 37.2 Å². The molecule has 1 heterocycles. The van der Waals surface area contributed by atoms with Crippen molar-refractivity contribution in [2.75, 3.05) is 19.9 Å². The molecule has 2 unspecified atom stereocenters. The van der Waals surface area contributed by atoms with E-state index in [2.05, 4.69) is 0 Å². The van der Waals surface area contributed by atoms with Crippen LogP contribution in [0.4, 0.5) is 0 Å². The Kier molecular flexibility index (Phi) is 4.32. The molecule has 1 fully saturated rings. The predicted octanol–water partition coefficient (Wildman–Crippen LogP) is 1.59. The summed E-state index contributed by atoms with van der Waals surface area (Å²) in [6.45, 7) is 4.32. The Balaban J connectivity index is 2.49. The summed E-state index contributed by atoms with van der Waals surface area (Å²) < 4.78 is 21.9. The van der Waals surface area contributed by atoms with Crippen molar-refractivity contribution in [2.24, 2.45) is 0 Å². The van der Waals surface area contributed by atoms with Gasteiger partial charge >= 0.3 is 0 Å². The maximum Gasteiger partial charge on any atom is 0.221 e. The van der Waals surface area contributed by atoms with E-state index in [0.717, 1.165) is 0 Å². The zero-order valence-corrected chi connectivity index (χ0v) is 9.44. The first-order chi connectivity index (χ1) is 6.55. The molecule has 1 rings (SSSR count). The van der Waals surface area contributed by atoms with Gasteiger partial charge in [0.05, 0.1) is 19.3 Å². The SMILES string of the molecule is CCOP(C)(=O)/C=C/[C@H]1OCCC1O. The zero-order chi connectivity index (χ0) is 10.6.